The molecule has 6 nitrogen and oxygen atoms in total. The summed E-state index contributed by atoms with van der Waals surface area (Å²) in [5.74, 6) is 0.180. The van der Waals surface area contributed by atoms with E-state index < -0.39 is 22.0 Å². The zero-order valence-corrected chi connectivity index (χ0v) is 17.2. The number of anilines is 2. The van der Waals surface area contributed by atoms with E-state index in [1.54, 1.807) is 55.5 Å². The van der Waals surface area contributed by atoms with Crippen LogP contribution in [0.25, 0.3) is 0 Å². The highest BCUT2D eigenvalue weighted by atomic mass is 32.2. The standard InChI is InChI=1S/C21H26N2O4S/c1-5-13-27-19-12-8-10-17(15-19)22-21(24)20(6-2)23(28(4,25)26)18-11-7-9-16(3)14-18/h5,7-12,14-15,20H,1,6,13H2,2-4H3,(H,22,24)/t20-/m1/s1. The van der Waals surface area contributed by atoms with Crippen LogP contribution in [0.5, 0.6) is 5.75 Å². The van der Waals surface area contributed by atoms with Gasteiger partial charge < -0.3 is 10.1 Å². The molecule has 2 aromatic carbocycles. The second-order valence-electron chi connectivity index (χ2n) is 6.44. The van der Waals surface area contributed by atoms with E-state index in [1.807, 2.05) is 13.0 Å². The molecule has 0 aromatic heterocycles. The summed E-state index contributed by atoms with van der Waals surface area (Å²) < 4.78 is 31.6. The van der Waals surface area contributed by atoms with E-state index in [4.69, 9.17) is 4.74 Å². The van der Waals surface area contributed by atoms with Gasteiger partial charge >= 0.3 is 0 Å². The molecular weight excluding hydrogens is 376 g/mol. The zero-order valence-electron chi connectivity index (χ0n) is 16.4. The van der Waals surface area contributed by atoms with Gasteiger partial charge in [-0.25, -0.2) is 8.42 Å². The van der Waals surface area contributed by atoms with E-state index in [9.17, 15) is 13.2 Å². The zero-order chi connectivity index (χ0) is 20.7. The van der Waals surface area contributed by atoms with Crippen molar-refractivity contribution in [1.82, 2.24) is 0 Å². The van der Waals surface area contributed by atoms with E-state index in [1.165, 1.54) is 4.31 Å². The fraction of sp³-hybridized carbons (Fsp3) is 0.286. The van der Waals surface area contributed by atoms with Crippen LogP contribution in [-0.4, -0.2) is 33.2 Å². The maximum atomic E-state index is 12.9. The van der Waals surface area contributed by atoms with E-state index in [2.05, 4.69) is 11.9 Å². The van der Waals surface area contributed by atoms with Crippen LogP contribution in [0.3, 0.4) is 0 Å². The third-order valence-electron chi connectivity index (χ3n) is 4.06. The van der Waals surface area contributed by atoms with Crippen LogP contribution in [0.1, 0.15) is 18.9 Å². The van der Waals surface area contributed by atoms with E-state index >= 15 is 0 Å². The first-order chi connectivity index (χ1) is 13.3. The Morgan fingerprint density at radius 2 is 1.96 bits per heavy atom. The van der Waals surface area contributed by atoms with Crippen LogP contribution < -0.4 is 14.4 Å². The van der Waals surface area contributed by atoms with Crippen LogP contribution in [-0.2, 0) is 14.8 Å². The minimum absolute atomic E-state index is 0.319. The normalized spacial score (nSPS) is 12.1. The van der Waals surface area contributed by atoms with E-state index in [0.717, 1.165) is 11.8 Å². The topological polar surface area (TPSA) is 75.7 Å². The van der Waals surface area contributed by atoms with Crippen molar-refractivity contribution in [3.05, 3.63) is 66.7 Å². The van der Waals surface area contributed by atoms with Gasteiger partial charge in [0.05, 0.1) is 11.9 Å². The number of ether oxygens (including phenoxy) is 1. The molecular formula is C21H26N2O4S. The van der Waals surface area contributed by atoms with Crippen molar-refractivity contribution >= 4 is 27.3 Å². The van der Waals surface area contributed by atoms with Gasteiger partial charge in [0.25, 0.3) is 0 Å². The van der Waals surface area contributed by atoms with Crippen molar-refractivity contribution in [1.29, 1.82) is 0 Å². The highest BCUT2D eigenvalue weighted by Crippen LogP contribution is 2.25. The van der Waals surface area contributed by atoms with Crippen LogP contribution in [0.4, 0.5) is 11.4 Å². The molecule has 0 spiro atoms. The lowest BCUT2D eigenvalue weighted by atomic mass is 10.1. The maximum Gasteiger partial charge on any atom is 0.248 e. The number of hydrogen-bond donors (Lipinski definition) is 1. The first-order valence-electron chi connectivity index (χ1n) is 8.97. The van der Waals surface area contributed by atoms with Crippen molar-refractivity contribution in [3.8, 4) is 5.75 Å². The molecule has 0 saturated carbocycles. The lowest BCUT2D eigenvalue weighted by Crippen LogP contribution is -2.47. The molecule has 28 heavy (non-hydrogen) atoms. The second-order valence-corrected chi connectivity index (χ2v) is 8.30. The van der Waals surface area contributed by atoms with Gasteiger partial charge in [0.2, 0.25) is 15.9 Å². The SMILES string of the molecule is C=CCOc1cccc(NC(=O)[C@@H](CC)N(c2cccc(C)c2)S(C)(=O)=O)c1. The monoisotopic (exact) mass is 402 g/mol. The molecule has 0 saturated heterocycles. The fourth-order valence-electron chi connectivity index (χ4n) is 2.87. The van der Waals surface area contributed by atoms with Crippen LogP contribution in [0.2, 0.25) is 0 Å². The van der Waals surface area contributed by atoms with Crippen molar-refractivity contribution in [2.75, 3.05) is 22.5 Å². The first-order valence-corrected chi connectivity index (χ1v) is 10.8. The molecule has 2 aromatic rings. The number of hydrogen-bond acceptors (Lipinski definition) is 4. The molecule has 1 atom stereocenters. The van der Waals surface area contributed by atoms with Gasteiger partial charge in [0, 0.05) is 11.8 Å². The number of nitrogens with zero attached hydrogens (tertiary/aromatic N) is 1. The summed E-state index contributed by atoms with van der Waals surface area (Å²) in [5.41, 5.74) is 1.91. The lowest BCUT2D eigenvalue weighted by Gasteiger charge is -2.30. The Kier molecular flexibility index (Phi) is 7.23. The Morgan fingerprint density at radius 1 is 1.25 bits per heavy atom. The average Bonchev–Trinajstić information content (AvgIpc) is 2.63. The first kappa shape index (κ1) is 21.5. The molecule has 0 fully saturated rings. The van der Waals surface area contributed by atoms with Gasteiger partial charge in [-0.2, -0.15) is 0 Å². The van der Waals surface area contributed by atoms with E-state index in [-0.39, 0.29) is 0 Å². The summed E-state index contributed by atoms with van der Waals surface area (Å²) in [6, 6.07) is 13.1. The molecule has 150 valence electrons. The quantitative estimate of drug-likeness (QED) is 0.648. The summed E-state index contributed by atoms with van der Waals surface area (Å²) in [7, 11) is -3.67. The number of amides is 1. The van der Waals surface area contributed by atoms with Crippen LogP contribution in [0.15, 0.2) is 61.2 Å². The lowest BCUT2D eigenvalue weighted by molar-refractivity contribution is -0.117. The molecule has 0 radical (unpaired) electrons. The second kappa shape index (κ2) is 9.41. The van der Waals surface area contributed by atoms with E-state index in [0.29, 0.717) is 30.2 Å². The number of carbonyl (C=O) groups is 1. The number of benzene rings is 2. The number of sulfonamides is 1. The summed E-state index contributed by atoms with van der Waals surface area (Å²) >= 11 is 0. The molecule has 0 aliphatic rings. The predicted molar refractivity (Wildman–Crippen MR) is 113 cm³/mol. The Bertz CT molecular complexity index is 941. The molecule has 0 aliphatic heterocycles. The summed E-state index contributed by atoms with van der Waals surface area (Å²) in [4.78, 5) is 12.9. The third kappa shape index (κ3) is 5.60. The van der Waals surface area contributed by atoms with Crippen molar-refractivity contribution in [2.45, 2.75) is 26.3 Å². The van der Waals surface area contributed by atoms with Gasteiger partial charge in [-0.05, 0) is 43.2 Å². The molecule has 0 aliphatic carbocycles. The van der Waals surface area contributed by atoms with Gasteiger partial charge in [0.15, 0.2) is 0 Å². The summed E-state index contributed by atoms with van der Waals surface area (Å²) in [6.45, 7) is 7.61. The Morgan fingerprint density at radius 3 is 2.57 bits per heavy atom. The largest absolute Gasteiger partial charge is 0.489 e. The van der Waals surface area contributed by atoms with Gasteiger partial charge in [-0.3, -0.25) is 9.10 Å². The average molecular weight is 403 g/mol. The molecule has 2 rings (SSSR count). The van der Waals surface area contributed by atoms with Crippen LogP contribution >= 0.6 is 0 Å². The minimum Gasteiger partial charge on any atom is -0.489 e. The minimum atomic E-state index is -3.67. The number of carbonyl (C=O) groups excluding carboxylic acids is 1. The highest BCUT2D eigenvalue weighted by molar-refractivity contribution is 7.92. The smallest absolute Gasteiger partial charge is 0.248 e. The molecule has 0 bridgehead atoms. The molecule has 1 amide bonds. The van der Waals surface area contributed by atoms with Crippen LogP contribution in [0, 0.1) is 6.92 Å². The summed E-state index contributed by atoms with van der Waals surface area (Å²) in [5, 5.41) is 2.80. The molecule has 1 N–H and O–H groups in total. The maximum absolute atomic E-state index is 12.9. The predicted octanol–water partition coefficient (Wildman–Crippen LogP) is 3.74. The Hall–Kier alpha value is -2.80. The molecule has 0 unspecified atom stereocenters. The fourth-order valence-corrected chi connectivity index (χ4v) is 4.07. The number of nitrogens with one attached hydrogen (secondary N) is 1. The van der Waals surface area contributed by atoms with Gasteiger partial charge in [-0.15, -0.1) is 0 Å². The number of aryl methyl sites for hydroxylation is 1. The summed E-state index contributed by atoms with van der Waals surface area (Å²) in [6.07, 6.45) is 3.05. The van der Waals surface area contributed by atoms with Gasteiger partial charge in [0.1, 0.15) is 18.4 Å². The van der Waals surface area contributed by atoms with Crippen molar-refractivity contribution in [3.63, 3.8) is 0 Å². The Balaban J connectivity index is 2.31. The number of rotatable bonds is 9. The molecule has 0 heterocycles. The Labute approximate surface area is 166 Å². The van der Waals surface area contributed by atoms with Crippen molar-refractivity contribution < 1.29 is 17.9 Å². The molecule has 7 heteroatoms. The third-order valence-corrected chi connectivity index (χ3v) is 5.24. The van der Waals surface area contributed by atoms with Crippen molar-refractivity contribution in [2.24, 2.45) is 0 Å². The highest BCUT2D eigenvalue weighted by Gasteiger charge is 2.31. The van der Waals surface area contributed by atoms with Gasteiger partial charge in [-0.1, -0.05) is 37.8 Å².